The second kappa shape index (κ2) is 9.06. The highest BCUT2D eigenvalue weighted by molar-refractivity contribution is 9.10. The molecule has 2 aromatic rings. The molecule has 0 saturated heterocycles. The van der Waals surface area contributed by atoms with Crippen molar-refractivity contribution in [1.82, 2.24) is 4.72 Å². The fourth-order valence-corrected chi connectivity index (χ4v) is 5.96. The molecule has 0 amide bonds. The minimum absolute atomic E-state index is 0.0863. The monoisotopic (exact) mass is 480 g/mol. The summed E-state index contributed by atoms with van der Waals surface area (Å²) in [7, 11) is -3.80. The lowest BCUT2D eigenvalue weighted by Crippen LogP contribution is -2.53. The molecule has 2 aromatic carbocycles. The number of nitrogens with zero attached hydrogens (tertiary/aromatic N) is 1. The average molecular weight is 481 g/mol. The van der Waals surface area contributed by atoms with E-state index in [1.54, 1.807) is 6.07 Å². The molecule has 0 aromatic heterocycles. The summed E-state index contributed by atoms with van der Waals surface area (Å²) < 4.78 is 30.3. The smallest absolute Gasteiger partial charge is 0.243 e. The number of benzene rings is 2. The molecule has 0 radical (unpaired) electrons. The molecule has 0 unspecified atom stereocenters. The highest BCUT2D eigenvalue weighted by atomic mass is 79.9. The first-order chi connectivity index (χ1) is 13.8. The third-order valence-corrected chi connectivity index (χ3v) is 7.75. The van der Waals surface area contributed by atoms with Gasteiger partial charge in [0.25, 0.3) is 0 Å². The van der Waals surface area contributed by atoms with Gasteiger partial charge >= 0.3 is 0 Å². The van der Waals surface area contributed by atoms with E-state index in [-0.39, 0.29) is 10.6 Å². The van der Waals surface area contributed by atoms with Gasteiger partial charge in [-0.3, -0.25) is 0 Å². The molecule has 1 heterocycles. The SMILES string of the molecule is CCCCC1(CCCC)CN(c2ccccc2)c2cc(Br)c(O)cc2S(=O)(=O)N1. The van der Waals surface area contributed by atoms with Crippen molar-refractivity contribution in [1.29, 1.82) is 0 Å². The number of halogens is 1. The van der Waals surface area contributed by atoms with Crippen molar-refractivity contribution in [2.75, 3.05) is 11.4 Å². The average Bonchev–Trinajstić information content (AvgIpc) is 2.79. The van der Waals surface area contributed by atoms with Gasteiger partial charge in [-0.1, -0.05) is 57.7 Å². The highest BCUT2D eigenvalue weighted by Crippen LogP contribution is 2.42. The zero-order chi connectivity index (χ0) is 21.1. The Labute approximate surface area is 182 Å². The van der Waals surface area contributed by atoms with Gasteiger partial charge in [0.15, 0.2) is 0 Å². The molecule has 29 heavy (non-hydrogen) atoms. The Hall–Kier alpha value is -1.57. The molecule has 1 aliphatic heterocycles. The van der Waals surface area contributed by atoms with Crippen LogP contribution in [0.25, 0.3) is 0 Å². The number of unbranched alkanes of at least 4 members (excludes halogenated alkanes) is 2. The van der Waals surface area contributed by atoms with E-state index in [0.29, 0.717) is 16.7 Å². The van der Waals surface area contributed by atoms with Crippen LogP contribution in [0.2, 0.25) is 0 Å². The number of para-hydroxylation sites is 1. The quantitative estimate of drug-likeness (QED) is 0.532. The van der Waals surface area contributed by atoms with E-state index in [1.165, 1.54) is 6.07 Å². The third-order valence-electron chi connectivity index (χ3n) is 5.51. The number of hydrogen-bond acceptors (Lipinski definition) is 4. The zero-order valence-corrected chi connectivity index (χ0v) is 19.4. The summed E-state index contributed by atoms with van der Waals surface area (Å²) >= 11 is 3.36. The van der Waals surface area contributed by atoms with Crippen LogP contribution in [0, 0.1) is 0 Å². The van der Waals surface area contributed by atoms with Gasteiger partial charge in [-0.05, 0) is 47.0 Å². The van der Waals surface area contributed by atoms with E-state index < -0.39 is 15.6 Å². The predicted molar refractivity (Wildman–Crippen MR) is 121 cm³/mol. The summed E-state index contributed by atoms with van der Waals surface area (Å²) in [5, 5.41) is 10.2. The summed E-state index contributed by atoms with van der Waals surface area (Å²) in [6, 6.07) is 12.9. The summed E-state index contributed by atoms with van der Waals surface area (Å²) in [6.07, 6.45) is 5.43. The van der Waals surface area contributed by atoms with Crippen molar-refractivity contribution in [3.63, 3.8) is 0 Å². The van der Waals surface area contributed by atoms with Crippen LogP contribution in [0.15, 0.2) is 51.8 Å². The van der Waals surface area contributed by atoms with E-state index in [4.69, 9.17) is 0 Å². The molecule has 0 atom stereocenters. The molecule has 0 spiro atoms. The molecular weight excluding hydrogens is 452 g/mol. The van der Waals surface area contributed by atoms with Crippen LogP contribution >= 0.6 is 15.9 Å². The van der Waals surface area contributed by atoms with Crippen LogP contribution in [0.4, 0.5) is 11.4 Å². The molecule has 0 bridgehead atoms. The number of hydrogen-bond donors (Lipinski definition) is 2. The maximum Gasteiger partial charge on any atom is 0.243 e. The standard InChI is InChI=1S/C22H29BrN2O3S/c1-3-5-12-22(13-6-4-2)16-25(17-10-8-7-9-11-17)19-14-18(23)20(26)15-21(19)29(27,28)24-22/h7-11,14-15,24,26H,3-6,12-13,16H2,1-2H3. The lowest BCUT2D eigenvalue weighted by Gasteiger charge is -2.37. The van der Waals surface area contributed by atoms with Crippen molar-refractivity contribution in [3.8, 4) is 5.75 Å². The number of anilines is 2. The predicted octanol–water partition coefficient (Wildman–Crippen LogP) is 5.70. The van der Waals surface area contributed by atoms with Gasteiger partial charge in [-0.15, -0.1) is 0 Å². The van der Waals surface area contributed by atoms with Crippen LogP contribution in [-0.2, 0) is 10.0 Å². The first kappa shape index (κ1) is 22.1. The largest absolute Gasteiger partial charge is 0.507 e. The Morgan fingerprint density at radius 3 is 2.31 bits per heavy atom. The molecule has 5 nitrogen and oxygen atoms in total. The van der Waals surface area contributed by atoms with Crippen molar-refractivity contribution in [3.05, 3.63) is 46.9 Å². The summed E-state index contributed by atoms with van der Waals surface area (Å²) in [4.78, 5) is 2.18. The molecule has 0 saturated carbocycles. The van der Waals surface area contributed by atoms with Crippen molar-refractivity contribution in [2.45, 2.75) is 62.8 Å². The number of fused-ring (bicyclic) bond motifs is 1. The van der Waals surface area contributed by atoms with Gasteiger partial charge in [-0.25, -0.2) is 13.1 Å². The lowest BCUT2D eigenvalue weighted by atomic mass is 9.87. The maximum atomic E-state index is 13.4. The Balaban J connectivity index is 2.22. The second-order valence-electron chi connectivity index (χ2n) is 7.79. The van der Waals surface area contributed by atoms with Gasteiger partial charge in [-0.2, -0.15) is 0 Å². The molecular formula is C22H29BrN2O3S. The summed E-state index contributed by atoms with van der Waals surface area (Å²) in [5.74, 6) is -0.0863. The van der Waals surface area contributed by atoms with E-state index >= 15 is 0 Å². The van der Waals surface area contributed by atoms with Gasteiger partial charge < -0.3 is 10.0 Å². The van der Waals surface area contributed by atoms with Crippen molar-refractivity contribution < 1.29 is 13.5 Å². The van der Waals surface area contributed by atoms with Crippen LogP contribution in [0.1, 0.15) is 52.4 Å². The number of nitrogens with one attached hydrogen (secondary N) is 1. The van der Waals surface area contributed by atoms with Gasteiger partial charge in [0.05, 0.1) is 15.7 Å². The van der Waals surface area contributed by atoms with Crippen LogP contribution in [-0.4, -0.2) is 25.6 Å². The fraction of sp³-hybridized carbons (Fsp3) is 0.455. The summed E-state index contributed by atoms with van der Waals surface area (Å²) in [6.45, 7) is 4.79. The third kappa shape index (κ3) is 4.78. The lowest BCUT2D eigenvalue weighted by molar-refractivity contribution is 0.320. The number of sulfonamides is 1. The molecule has 3 rings (SSSR count). The fourth-order valence-electron chi connectivity index (χ4n) is 3.97. The maximum absolute atomic E-state index is 13.4. The number of phenols is 1. The molecule has 2 N–H and O–H groups in total. The van der Waals surface area contributed by atoms with Crippen molar-refractivity contribution >= 4 is 37.3 Å². The number of aromatic hydroxyl groups is 1. The van der Waals surface area contributed by atoms with Gasteiger partial charge in [0.1, 0.15) is 10.6 Å². The topological polar surface area (TPSA) is 69.6 Å². The summed E-state index contributed by atoms with van der Waals surface area (Å²) in [5.41, 5.74) is 0.938. The van der Waals surface area contributed by atoms with Gasteiger partial charge in [0, 0.05) is 18.3 Å². The van der Waals surface area contributed by atoms with E-state index in [1.807, 2.05) is 30.3 Å². The first-order valence-corrected chi connectivity index (χ1v) is 12.5. The molecule has 158 valence electrons. The minimum atomic E-state index is -3.80. The van der Waals surface area contributed by atoms with E-state index in [9.17, 15) is 13.5 Å². The first-order valence-electron chi connectivity index (χ1n) is 10.2. The van der Waals surface area contributed by atoms with Crippen LogP contribution < -0.4 is 9.62 Å². The number of rotatable bonds is 7. The van der Waals surface area contributed by atoms with Crippen molar-refractivity contribution in [2.24, 2.45) is 0 Å². The Morgan fingerprint density at radius 1 is 1.10 bits per heavy atom. The molecule has 1 aliphatic rings. The van der Waals surface area contributed by atoms with Gasteiger partial charge in [0.2, 0.25) is 10.0 Å². The van der Waals surface area contributed by atoms with Crippen LogP contribution in [0.5, 0.6) is 5.75 Å². The molecule has 0 fully saturated rings. The Bertz CT molecular complexity index is 940. The molecule has 7 heteroatoms. The Morgan fingerprint density at radius 2 is 1.72 bits per heavy atom. The van der Waals surface area contributed by atoms with Crippen LogP contribution in [0.3, 0.4) is 0 Å². The van der Waals surface area contributed by atoms with E-state index in [0.717, 1.165) is 44.2 Å². The second-order valence-corrected chi connectivity index (χ2v) is 10.3. The minimum Gasteiger partial charge on any atom is -0.507 e. The van der Waals surface area contributed by atoms with E-state index in [2.05, 4.69) is 39.4 Å². The molecule has 0 aliphatic carbocycles. The normalized spacial score (nSPS) is 17.6. The zero-order valence-electron chi connectivity index (χ0n) is 17.0. The highest BCUT2D eigenvalue weighted by Gasteiger charge is 2.41. The Kier molecular flexibility index (Phi) is 6.91. The number of phenolic OH excluding ortho intramolecular Hbond substituents is 1.